The van der Waals surface area contributed by atoms with Crippen LogP contribution in [0.4, 0.5) is 0 Å². The van der Waals surface area contributed by atoms with Gasteiger partial charge in [-0.25, -0.2) is 4.98 Å². The fraction of sp³-hybridized carbons (Fsp3) is 0.389. The second-order valence-electron chi connectivity index (χ2n) is 6.48. The van der Waals surface area contributed by atoms with Crippen LogP contribution in [0.1, 0.15) is 29.3 Å². The Morgan fingerprint density at radius 3 is 2.96 bits per heavy atom. The lowest BCUT2D eigenvalue weighted by Gasteiger charge is -2.28. The molecule has 1 atom stereocenters. The number of H-pyrrole nitrogens is 1. The van der Waals surface area contributed by atoms with Crippen LogP contribution in [0.25, 0.3) is 0 Å². The maximum Gasteiger partial charge on any atom is 0.242 e. The number of likely N-dealkylation sites (tertiary alicyclic amines) is 1. The van der Waals surface area contributed by atoms with Gasteiger partial charge in [0.25, 0.3) is 0 Å². The van der Waals surface area contributed by atoms with Crippen molar-refractivity contribution in [1.29, 1.82) is 0 Å². The molecule has 2 aliphatic heterocycles. The number of benzene rings is 1. The Morgan fingerprint density at radius 1 is 1.29 bits per heavy atom. The summed E-state index contributed by atoms with van der Waals surface area (Å²) in [6.45, 7) is 2.02. The second kappa shape index (κ2) is 6.11. The largest absolute Gasteiger partial charge is 0.347 e. The third-order valence-electron chi connectivity index (χ3n) is 4.94. The molecule has 24 heavy (non-hydrogen) atoms. The quantitative estimate of drug-likeness (QED) is 0.925. The first-order valence-corrected chi connectivity index (χ1v) is 8.32. The van der Waals surface area contributed by atoms with Gasteiger partial charge in [0.15, 0.2) is 0 Å². The minimum atomic E-state index is 0.0114. The number of hydrogen-bond acceptors (Lipinski definition) is 3. The maximum atomic E-state index is 12.6. The first-order valence-electron chi connectivity index (χ1n) is 8.32. The van der Waals surface area contributed by atoms with Crippen LogP contribution in [0, 0.1) is 0 Å². The van der Waals surface area contributed by atoms with Crippen molar-refractivity contribution in [2.45, 2.75) is 25.3 Å². The third-order valence-corrected chi connectivity index (χ3v) is 4.94. The van der Waals surface area contributed by atoms with Crippen molar-refractivity contribution < 1.29 is 9.59 Å². The van der Waals surface area contributed by atoms with Crippen LogP contribution in [0.15, 0.2) is 36.7 Å². The molecule has 1 saturated heterocycles. The van der Waals surface area contributed by atoms with Crippen LogP contribution >= 0.6 is 0 Å². The molecule has 2 amide bonds. The van der Waals surface area contributed by atoms with E-state index in [4.69, 9.17) is 0 Å². The zero-order valence-electron chi connectivity index (χ0n) is 13.4. The Balaban J connectivity index is 1.39. The van der Waals surface area contributed by atoms with Crippen molar-refractivity contribution in [2.24, 2.45) is 0 Å². The molecular formula is C18H20N4O2. The van der Waals surface area contributed by atoms with Crippen molar-refractivity contribution in [3.63, 3.8) is 0 Å². The standard InChI is InChI=1S/C18H20N4O2/c23-17-8-14(13-4-2-1-3-5-13)9-22(17)11-18(24)21-7-6-15-16(10-21)20-12-19-15/h1-5,12,14H,6-11H2,(H,19,20)/t14-/m1/s1. The summed E-state index contributed by atoms with van der Waals surface area (Å²) in [6, 6.07) is 10.1. The minimum absolute atomic E-state index is 0.0114. The van der Waals surface area contributed by atoms with Crippen molar-refractivity contribution in [3.8, 4) is 0 Å². The maximum absolute atomic E-state index is 12.6. The number of amides is 2. The van der Waals surface area contributed by atoms with Crippen LogP contribution in [0.2, 0.25) is 0 Å². The molecule has 0 saturated carbocycles. The Hall–Kier alpha value is -2.63. The number of carbonyl (C=O) groups excluding carboxylic acids is 2. The number of aromatic nitrogens is 2. The van der Waals surface area contributed by atoms with E-state index in [1.807, 2.05) is 35.2 Å². The SMILES string of the molecule is O=C(CN1C[C@H](c2ccccc2)CC1=O)N1CCc2nc[nH]c2C1. The van der Waals surface area contributed by atoms with E-state index in [-0.39, 0.29) is 24.3 Å². The second-order valence-corrected chi connectivity index (χ2v) is 6.48. The van der Waals surface area contributed by atoms with Gasteiger partial charge in [-0.2, -0.15) is 0 Å². The van der Waals surface area contributed by atoms with E-state index >= 15 is 0 Å². The van der Waals surface area contributed by atoms with Crippen LogP contribution in [0.3, 0.4) is 0 Å². The molecule has 1 fully saturated rings. The van der Waals surface area contributed by atoms with Gasteiger partial charge in [-0.05, 0) is 5.56 Å². The van der Waals surface area contributed by atoms with Gasteiger partial charge < -0.3 is 14.8 Å². The van der Waals surface area contributed by atoms with Crippen LogP contribution in [0.5, 0.6) is 0 Å². The molecule has 1 aromatic carbocycles. The Kier molecular flexibility index (Phi) is 3.80. The molecule has 2 aliphatic rings. The summed E-state index contributed by atoms with van der Waals surface area (Å²) < 4.78 is 0. The molecule has 6 nitrogen and oxygen atoms in total. The topological polar surface area (TPSA) is 69.3 Å². The fourth-order valence-electron chi connectivity index (χ4n) is 3.56. The first-order chi connectivity index (χ1) is 11.7. The van der Waals surface area contributed by atoms with E-state index in [1.165, 1.54) is 5.56 Å². The molecular weight excluding hydrogens is 304 g/mol. The first kappa shape index (κ1) is 14.9. The zero-order chi connectivity index (χ0) is 16.5. The predicted molar refractivity (Wildman–Crippen MR) is 88.1 cm³/mol. The summed E-state index contributed by atoms with van der Waals surface area (Å²) >= 11 is 0. The van der Waals surface area contributed by atoms with Gasteiger partial charge in [-0.1, -0.05) is 30.3 Å². The molecule has 0 unspecified atom stereocenters. The molecule has 0 radical (unpaired) electrons. The third kappa shape index (κ3) is 2.79. The molecule has 2 aromatic rings. The summed E-state index contributed by atoms with van der Waals surface area (Å²) in [6.07, 6.45) is 2.93. The van der Waals surface area contributed by atoms with Gasteiger partial charge in [0.1, 0.15) is 0 Å². The highest BCUT2D eigenvalue weighted by Gasteiger charge is 2.33. The van der Waals surface area contributed by atoms with E-state index in [2.05, 4.69) is 9.97 Å². The lowest BCUT2D eigenvalue weighted by Crippen LogP contribution is -2.43. The molecule has 1 aromatic heterocycles. The number of fused-ring (bicyclic) bond motifs is 1. The van der Waals surface area contributed by atoms with Crippen molar-refractivity contribution in [2.75, 3.05) is 19.6 Å². The highest BCUT2D eigenvalue weighted by molar-refractivity contribution is 5.86. The normalized spacial score (nSPS) is 20.3. The molecule has 124 valence electrons. The van der Waals surface area contributed by atoms with Crippen molar-refractivity contribution in [3.05, 3.63) is 53.6 Å². The number of imidazole rings is 1. The minimum Gasteiger partial charge on any atom is -0.347 e. The zero-order valence-corrected chi connectivity index (χ0v) is 13.4. The highest BCUT2D eigenvalue weighted by Crippen LogP contribution is 2.28. The van der Waals surface area contributed by atoms with Gasteiger partial charge in [0, 0.05) is 31.8 Å². The molecule has 1 N–H and O–H groups in total. The van der Waals surface area contributed by atoms with E-state index in [0.717, 1.165) is 17.8 Å². The highest BCUT2D eigenvalue weighted by atomic mass is 16.2. The van der Waals surface area contributed by atoms with Gasteiger partial charge in [0.05, 0.1) is 30.8 Å². The molecule has 6 heteroatoms. The number of nitrogens with one attached hydrogen (secondary N) is 1. The summed E-state index contributed by atoms with van der Waals surface area (Å²) in [7, 11) is 0. The number of carbonyl (C=O) groups is 2. The van der Waals surface area contributed by atoms with Crippen LogP contribution < -0.4 is 0 Å². The van der Waals surface area contributed by atoms with E-state index in [1.54, 1.807) is 11.2 Å². The predicted octanol–water partition coefficient (Wildman–Crippen LogP) is 1.31. The van der Waals surface area contributed by atoms with Crippen molar-refractivity contribution >= 4 is 11.8 Å². The van der Waals surface area contributed by atoms with Crippen LogP contribution in [-0.4, -0.2) is 51.2 Å². The van der Waals surface area contributed by atoms with Gasteiger partial charge in [-0.3, -0.25) is 9.59 Å². The summed E-state index contributed by atoms with van der Waals surface area (Å²) in [5.41, 5.74) is 3.21. The molecule has 3 heterocycles. The van der Waals surface area contributed by atoms with E-state index in [9.17, 15) is 9.59 Å². The Bertz CT molecular complexity index is 755. The number of aromatic amines is 1. The van der Waals surface area contributed by atoms with Gasteiger partial charge >= 0.3 is 0 Å². The lowest BCUT2D eigenvalue weighted by atomic mass is 9.99. The van der Waals surface area contributed by atoms with Gasteiger partial charge in [-0.15, -0.1) is 0 Å². The summed E-state index contributed by atoms with van der Waals surface area (Å²) in [4.78, 5) is 35.7. The fourth-order valence-corrected chi connectivity index (χ4v) is 3.56. The van der Waals surface area contributed by atoms with Crippen molar-refractivity contribution in [1.82, 2.24) is 19.8 Å². The summed E-state index contributed by atoms with van der Waals surface area (Å²) in [5.74, 6) is 0.265. The smallest absolute Gasteiger partial charge is 0.242 e. The number of nitrogens with zero attached hydrogens (tertiary/aromatic N) is 3. The lowest BCUT2D eigenvalue weighted by molar-refractivity contribution is -0.139. The molecule has 0 aliphatic carbocycles. The average molecular weight is 324 g/mol. The van der Waals surface area contributed by atoms with E-state index < -0.39 is 0 Å². The van der Waals surface area contributed by atoms with E-state index in [0.29, 0.717) is 26.1 Å². The molecule has 0 spiro atoms. The molecule has 0 bridgehead atoms. The number of hydrogen-bond donors (Lipinski definition) is 1. The van der Waals surface area contributed by atoms with Crippen LogP contribution in [-0.2, 0) is 22.6 Å². The Morgan fingerprint density at radius 2 is 2.12 bits per heavy atom. The Labute approximate surface area is 140 Å². The molecule has 4 rings (SSSR count). The average Bonchev–Trinajstić information content (AvgIpc) is 3.22. The number of rotatable bonds is 3. The summed E-state index contributed by atoms with van der Waals surface area (Å²) in [5, 5.41) is 0. The van der Waals surface area contributed by atoms with Gasteiger partial charge in [0.2, 0.25) is 11.8 Å². The monoisotopic (exact) mass is 324 g/mol.